The smallest absolute Gasteiger partial charge is 0.175 e. The Balaban J connectivity index is 0.000001000. The molecule has 0 aliphatic heterocycles. The van der Waals surface area contributed by atoms with E-state index in [1.807, 2.05) is 31.4 Å². The molecule has 0 fully saturated rings. The van der Waals surface area contributed by atoms with Gasteiger partial charge in [-0.2, -0.15) is 0 Å². The van der Waals surface area contributed by atoms with E-state index in [0.717, 1.165) is 4.88 Å². The second-order valence-corrected chi connectivity index (χ2v) is 3.44. The van der Waals surface area contributed by atoms with E-state index in [9.17, 15) is 4.79 Å². The van der Waals surface area contributed by atoms with Gasteiger partial charge in [-0.15, -0.1) is 11.3 Å². The summed E-state index contributed by atoms with van der Waals surface area (Å²) in [7, 11) is 0. The Labute approximate surface area is 72.1 Å². The van der Waals surface area contributed by atoms with Gasteiger partial charge in [0.15, 0.2) is 5.78 Å². The van der Waals surface area contributed by atoms with Crippen molar-refractivity contribution in [3.05, 3.63) is 22.4 Å². The molecule has 1 aromatic heterocycles. The zero-order valence-electron chi connectivity index (χ0n) is 6.13. The summed E-state index contributed by atoms with van der Waals surface area (Å²) in [6.45, 7) is 3.84. The maximum atomic E-state index is 11.2. The molecule has 0 spiro atoms. The van der Waals surface area contributed by atoms with Crippen molar-refractivity contribution in [1.29, 1.82) is 0 Å². The van der Waals surface area contributed by atoms with Crippen LogP contribution in [0.15, 0.2) is 17.5 Å². The molecule has 1 aromatic rings. The molecule has 0 aliphatic rings. The van der Waals surface area contributed by atoms with Crippen LogP contribution in [-0.4, -0.2) is 5.78 Å². The summed E-state index contributed by atoms with van der Waals surface area (Å²) < 4.78 is 0. The van der Waals surface area contributed by atoms with Crippen molar-refractivity contribution in [2.75, 3.05) is 0 Å². The molecule has 1 heterocycles. The average molecular weight is 170 g/mol. The third-order valence-corrected chi connectivity index (χ3v) is 2.17. The molecule has 0 N–H and O–H groups in total. The van der Waals surface area contributed by atoms with Gasteiger partial charge in [0.2, 0.25) is 0 Å². The number of rotatable bonds is 2. The maximum Gasteiger partial charge on any atom is 0.175 e. The summed E-state index contributed by atoms with van der Waals surface area (Å²) in [6.07, 6.45) is 0. The first-order valence-electron chi connectivity index (χ1n) is 3.29. The number of carbonyl (C=O) groups is 1. The number of carbonyl (C=O) groups excluding carboxylic acids is 1. The minimum absolute atomic E-state index is 0. The summed E-state index contributed by atoms with van der Waals surface area (Å²) in [5, 5.41) is 1.93. The van der Waals surface area contributed by atoms with Gasteiger partial charge >= 0.3 is 0 Å². The van der Waals surface area contributed by atoms with Gasteiger partial charge in [-0.3, -0.25) is 4.79 Å². The molecule has 0 aromatic carbocycles. The largest absolute Gasteiger partial charge is 0.293 e. The third kappa shape index (κ3) is 2.46. The number of ketones is 1. The van der Waals surface area contributed by atoms with Gasteiger partial charge in [-0.05, 0) is 11.4 Å². The van der Waals surface area contributed by atoms with Crippen molar-refractivity contribution >= 4 is 17.1 Å². The number of Topliss-reactive ketones (excluding diaryl/α,β-unsaturated/α-hetero) is 1. The molecule has 1 rings (SSSR count). The van der Waals surface area contributed by atoms with Gasteiger partial charge in [-0.1, -0.05) is 27.3 Å². The Hall–Kier alpha value is -0.630. The van der Waals surface area contributed by atoms with E-state index in [4.69, 9.17) is 0 Å². The molecule has 0 saturated heterocycles. The molecule has 0 aliphatic carbocycles. The molecule has 2 heteroatoms. The second kappa shape index (κ2) is 4.29. The van der Waals surface area contributed by atoms with Crippen molar-refractivity contribution in [3.63, 3.8) is 0 Å². The first-order chi connectivity index (χ1) is 4.72. The SMILES string of the molecule is C.CC(C)C(=O)c1cccs1. The maximum absolute atomic E-state index is 11.2. The Morgan fingerprint density at radius 3 is 2.55 bits per heavy atom. The molecule has 0 saturated carbocycles. The molecule has 0 amide bonds. The predicted octanol–water partition coefficient (Wildman–Crippen LogP) is 3.22. The molecular formula is C9H14OS. The van der Waals surface area contributed by atoms with Crippen LogP contribution in [0.2, 0.25) is 0 Å². The van der Waals surface area contributed by atoms with Crippen molar-refractivity contribution in [3.8, 4) is 0 Å². The van der Waals surface area contributed by atoms with Crippen LogP contribution >= 0.6 is 11.3 Å². The van der Waals surface area contributed by atoms with Crippen LogP contribution in [0.5, 0.6) is 0 Å². The fraction of sp³-hybridized carbons (Fsp3) is 0.444. The zero-order chi connectivity index (χ0) is 7.56. The summed E-state index contributed by atoms with van der Waals surface area (Å²) >= 11 is 1.51. The molecule has 0 unspecified atom stereocenters. The molecule has 62 valence electrons. The minimum atomic E-state index is 0. The van der Waals surface area contributed by atoms with E-state index in [0.29, 0.717) is 0 Å². The predicted molar refractivity (Wildman–Crippen MR) is 50.2 cm³/mol. The van der Waals surface area contributed by atoms with Gasteiger partial charge < -0.3 is 0 Å². The highest BCUT2D eigenvalue weighted by Gasteiger charge is 2.09. The summed E-state index contributed by atoms with van der Waals surface area (Å²) in [6, 6.07) is 3.77. The van der Waals surface area contributed by atoms with Gasteiger partial charge in [-0.25, -0.2) is 0 Å². The lowest BCUT2D eigenvalue weighted by Gasteiger charge is -1.98. The molecule has 1 nitrogen and oxygen atoms in total. The van der Waals surface area contributed by atoms with Crippen molar-refractivity contribution in [2.45, 2.75) is 21.3 Å². The third-order valence-electron chi connectivity index (χ3n) is 1.29. The van der Waals surface area contributed by atoms with E-state index in [1.54, 1.807) is 0 Å². The highest BCUT2D eigenvalue weighted by Crippen LogP contribution is 2.13. The van der Waals surface area contributed by atoms with Crippen LogP contribution in [0.1, 0.15) is 30.9 Å². The van der Waals surface area contributed by atoms with Crippen LogP contribution in [-0.2, 0) is 0 Å². The molecule has 0 radical (unpaired) electrons. The normalized spacial score (nSPS) is 9.36. The van der Waals surface area contributed by atoms with Crippen LogP contribution in [0.3, 0.4) is 0 Å². The van der Waals surface area contributed by atoms with Gasteiger partial charge in [0.05, 0.1) is 4.88 Å². The first kappa shape index (κ1) is 10.4. The summed E-state index contributed by atoms with van der Waals surface area (Å²) in [4.78, 5) is 12.1. The minimum Gasteiger partial charge on any atom is -0.293 e. The molecular weight excluding hydrogens is 156 g/mol. The lowest BCUT2D eigenvalue weighted by molar-refractivity contribution is 0.0943. The van der Waals surface area contributed by atoms with Crippen molar-refractivity contribution < 1.29 is 4.79 Å². The average Bonchev–Trinajstić information content (AvgIpc) is 2.36. The van der Waals surface area contributed by atoms with Gasteiger partial charge in [0, 0.05) is 5.92 Å². The zero-order valence-corrected chi connectivity index (χ0v) is 6.94. The number of hydrogen-bond donors (Lipinski definition) is 0. The fourth-order valence-electron chi connectivity index (χ4n) is 0.703. The lowest BCUT2D eigenvalue weighted by Crippen LogP contribution is -2.04. The Morgan fingerprint density at radius 1 is 1.55 bits per heavy atom. The second-order valence-electron chi connectivity index (χ2n) is 2.50. The summed E-state index contributed by atoms with van der Waals surface area (Å²) in [5.41, 5.74) is 0. The van der Waals surface area contributed by atoms with E-state index < -0.39 is 0 Å². The Kier molecular flexibility index (Phi) is 4.04. The van der Waals surface area contributed by atoms with Crippen LogP contribution in [0, 0.1) is 5.92 Å². The molecule has 11 heavy (non-hydrogen) atoms. The van der Waals surface area contributed by atoms with E-state index in [1.165, 1.54) is 11.3 Å². The van der Waals surface area contributed by atoms with Crippen LogP contribution in [0.4, 0.5) is 0 Å². The van der Waals surface area contributed by atoms with Crippen LogP contribution < -0.4 is 0 Å². The first-order valence-corrected chi connectivity index (χ1v) is 4.17. The number of hydrogen-bond acceptors (Lipinski definition) is 2. The Morgan fingerprint density at radius 2 is 2.18 bits per heavy atom. The fourth-order valence-corrected chi connectivity index (χ4v) is 1.52. The molecule has 0 bridgehead atoms. The van der Waals surface area contributed by atoms with E-state index in [-0.39, 0.29) is 19.1 Å². The van der Waals surface area contributed by atoms with Crippen molar-refractivity contribution in [1.82, 2.24) is 0 Å². The summed E-state index contributed by atoms with van der Waals surface area (Å²) in [5.74, 6) is 0.369. The standard InChI is InChI=1S/C8H10OS.CH4/c1-6(2)8(9)7-4-3-5-10-7;/h3-6H,1-2H3;1H4. The Bertz CT molecular complexity index is 211. The topological polar surface area (TPSA) is 17.1 Å². The number of thiophene rings is 1. The van der Waals surface area contributed by atoms with E-state index in [2.05, 4.69) is 0 Å². The van der Waals surface area contributed by atoms with Crippen molar-refractivity contribution in [2.24, 2.45) is 5.92 Å². The van der Waals surface area contributed by atoms with Gasteiger partial charge in [0.1, 0.15) is 0 Å². The lowest BCUT2D eigenvalue weighted by atomic mass is 10.1. The van der Waals surface area contributed by atoms with Crippen LogP contribution in [0.25, 0.3) is 0 Å². The quantitative estimate of drug-likeness (QED) is 0.623. The van der Waals surface area contributed by atoms with E-state index >= 15 is 0 Å². The highest BCUT2D eigenvalue weighted by atomic mass is 32.1. The highest BCUT2D eigenvalue weighted by molar-refractivity contribution is 7.12. The van der Waals surface area contributed by atoms with Gasteiger partial charge in [0.25, 0.3) is 0 Å². The molecule has 0 atom stereocenters. The monoisotopic (exact) mass is 170 g/mol.